The number of carbonyl (C=O) groups is 1. The molecule has 3 rings (SSSR count). The number of thioether (sulfide) groups is 1. The maximum absolute atomic E-state index is 11.9. The van der Waals surface area contributed by atoms with Gasteiger partial charge in [0.05, 0.1) is 12.4 Å². The van der Waals surface area contributed by atoms with Crippen molar-refractivity contribution in [3.05, 3.63) is 65.4 Å². The molecule has 152 valence electrons. The Kier molecular flexibility index (Phi) is 8.09. The molecule has 1 aromatic carbocycles. The molecule has 29 heavy (non-hydrogen) atoms. The predicted octanol–water partition coefficient (Wildman–Crippen LogP) is 3.69. The molecule has 1 amide bonds. The molecule has 0 atom stereocenters. The number of aromatic amines is 1. The molecule has 8 heteroatoms. The van der Waals surface area contributed by atoms with Gasteiger partial charge in [-0.05, 0) is 43.2 Å². The van der Waals surface area contributed by atoms with Gasteiger partial charge < -0.3 is 14.5 Å². The monoisotopic (exact) mass is 412 g/mol. The third-order valence-corrected chi connectivity index (χ3v) is 4.73. The van der Waals surface area contributed by atoms with Gasteiger partial charge in [0.1, 0.15) is 17.3 Å². The van der Waals surface area contributed by atoms with Crippen molar-refractivity contribution in [2.24, 2.45) is 0 Å². The Hall–Kier alpha value is -2.84. The Labute approximate surface area is 173 Å². The number of hydrogen-bond donors (Lipinski definition) is 2. The van der Waals surface area contributed by atoms with Gasteiger partial charge >= 0.3 is 0 Å². The van der Waals surface area contributed by atoms with Gasteiger partial charge in [-0.15, -0.1) is 5.10 Å². The molecule has 0 unspecified atom stereocenters. The van der Waals surface area contributed by atoms with Crippen molar-refractivity contribution in [2.75, 3.05) is 18.9 Å². The fourth-order valence-electron chi connectivity index (χ4n) is 2.45. The summed E-state index contributed by atoms with van der Waals surface area (Å²) in [6.45, 7) is 3.67. The minimum Gasteiger partial charge on any atom is -0.462 e. The van der Waals surface area contributed by atoms with Crippen LogP contribution >= 0.6 is 11.8 Å². The predicted molar refractivity (Wildman–Crippen MR) is 113 cm³/mol. The number of rotatable bonds is 11. The van der Waals surface area contributed by atoms with E-state index in [-0.39, 0.29) is 11.7 Å². The van der Waals surface area contributed by atoms with Crippen LogP contribution in [0.1, 0.15) is 29.3 Å². The molecule has 3 aromatic rings. The number of hydrogen-bond acceptors (Lipinski definition) is 6. The van der Waals surface area contributed by atoms with Crippen LogP contribution in [0.2, 0.25) is 0 Å². The van der Waals surface area contributed by atoms with Crippen LogP contribution in [0.4, 0.5) is 0 Å². The SMILES string of the molecule is Cc1ccc(/C=C/c2nc(SCC(=O)NCCCOCc3ccccc3)n[nH]2)o1. The summed E-state index contributed by atoms with van der Waals surface area (Å²) in [6.07, 6.45) is 4.37. The maximum atomic E-state index is 11.9. The number of aryl methyl sites for hydroxylation is 1. The average Bonchev–Trinajstić information content (AvgIpc) is 3.37. The summed E-state index contributed by atoms with van der Waals surface area (Å²) in [4.78, 5) is 16.2. The van der Waals surface area contributed by atoms with Gasteiger partial charge in [-0.1, -0.05) is 42.1 Å². The lowest BCUT2D eigenvalue weighted by Gasteiger charge is -2.06. The van der Waals surface area contributed by atoms with Gasteiger partial charge in [0, 0.05) is 13.2 Å². The zero-order valence-electron chi connectivity index (χ0n) is 16.3. The molecule has 2 N–H and O–H groups in total. The molecule has 2 aromatic heterocycles. The zero-order valence-corrected chi connectivity index (χ0v) is 17.1. The van der Waals surface area contributed by atoms with Crippen molar-refractivity contribution < 1.29 is 13.9 Å². The lowest BCUT2D eigenvalue weighted by atomic mass is 10.2. The summed E-state index contributed by atoms with van der Waals surface area (Å²) >= 11 is 1.29. The molecule has 0 aliphatic carbocycles. The molecule has 0 spiro atoms. The van der Waals surface area contributed by atoms with Gasteiger partial charge in [0.2, 0.25) is 11.1 Å². The first kappa shape index (κ1) is 20.9. The Morgan fingerprint density at radius 2 is 2.10 bits per heavy atom. The molecule has 0 saturated carbocycles. The van der Waals surface area contributed by atoms with Crippen LogP contribution in [-0.2, 0) is 16.1 Å². The Balaban J connectivity index is 1.27. The lowest BCUT2D eigenvalue weighted by Crippen LogP contribution is -2.26. The minimum absolute atomic E-state index is 0.0500. The standard InChI is InChI=1S/C21H24N4O3S/c1-16-8-9-18(28-16)10-11-19-23-21(25-24-19)29-15-20(26)22-12-5-13-27-14-17-6-3-2-4-7-17/h2-4,6-11H,5,12-15H2,1H3,(H,22,26)(H,23,24,25)/b11-10+. The highest BCUT2D eigenvalue weighted by atomic mass is 32.2. The van der Waals surface area contributed by atoms with Crippen molar-refractivity contribution in [2.45, 2.75) is 25.1 Å². The smallest absolute Gasteiger partial charge is 0.230 e. The van der Waals surface area contributed by atoms with Crippen LogP contribution in [0.25, 0.3) is 12.2 Å². The van der Waals surface area contributed by atoms with Crippen molar-refractivity contribution in [1.82, 2.24) is 20.5 Å². The Morgan fingerprint density at radius 1 is 1.24 bits per heavy atom. The topological polar surface area (TPSA) is 93.0 Å². The highest BCUT2D eigenvalue weighted by Crippen LogP contribution is 2.14. The number of aromatic nitrogens is 3. The molecule has 0 bridgehead atoms. The second kappa shape index (κ2) is 11.2. The average molecular weight is 413 g/mol. The van der Waals surface area contributed by atoms with E-state index in [4.69, 9.17) is 9.15 Å². The third kappa shape index (κ3) is 7.59. The number of H-pyrrole nitrogens is 1. The van der Waals surface area contributed by atoms with Crippen molar-refractivity contribution in [3.63, 3.8) is 0 Å². The fourth-order valence-corrected chi connectivity index (χ4v) is 3.08. The highest BCUT2D eigenvalue weighted by Gasteiger charge is 2.06. The lowest BCUT2D eigenvalue weighted by molar-refractivity contribution is -0.118. The van der Waals surface area contributed by atoms with Gasteiger partial charge in [0.15, 0.2) is 0 Å². The number of ether oxygens (including phenoxy) is 1. The normalized spacial score (nSPS) is 11.2. The fraction of sp³-hybridized carbons (Fsp3) is 0.286. The van der Waals surface area contributed by atoms with Crippen LogP contribution in [0.15, 0.2) is 52.0 Å². The van der Waals surface area contributed by atoms with E-state index in [1.54, 1.807) is 6.08 Å². The summed E-state index contributed by atoms with van der Waals surface area (Å²) in [7, 11) is 0. The summed E-state index contributed by atoms with van der Waals surface area (Å²) in [5.41, 5.74) is 1.15. The summed E-state index contributed by atoms with van der Waals surface area (Å²) < 4.78 is 11.1. The van der Waals surface area contributed by atoms with Gasteiger partial charge in [-0.25, -0.2) is 4.98 Å². The van der Waals surface area contributed by atoms with E-state index in [9.17, 15) is 4.79 Å². The van der Waals surface area contributed by atoms with E-state index in [1.165, 1.54) is 11.8 Å². The van der Waals surface area contributed by atoms with E-state index >= 15 is 0 Å². The summed E-state index contributed by atoms with van der Waals surface area (Å²) in [5.74, 6) is 2.43. The van der Waals surface area contributed by atoms with Gasteiger partial charge in [-0.3, -0.25) is 9.89 Å². The van der Waals surface area contributed by atoms with Crippen LogP contribution in [0.3, 0.4) is 0 Å². The van der Waals surface area contributed by atoms with E-state index in [2.05, 4.69) is 20.5 Å². The van der Waals surface area contributed by atoms with Crippen molar-refractivity contribution in [3.8, 4) is 0 Å². The Bertz CT molecular complexity index is 921. The minimum atomic E-state index is -0.0500. The summed E-state index contributed by atoms with van der Waals surface area (Å²) in [6, 6.07) is 13.8. The van der Waals surface area contributed by atoms with Crippen LogP contribution in [-0.4, -0.2) is 40.0 Å². The highest BCUT2D eigenvalue weighted by molar-refractivity contribution is 7.99. The van der Waals surface area contributed by atoms with Gasteiger partial charge in [-0.2, -0.15) is 0 Å². The molecule has 0 saturated heterocycles. The van der Waals surface area contributed by atoms with E-state index in [0.29, 0.717) is 30.7 Å². The Morgan fingerprint density at radius 3 is 2.90 bits per heavy atom. The molecule has 0 aliphatic rings. The third-order valence-electron chi connectivity index (χ3n) is 3.88. The van der Waals surface area contributed by atoms with Crippen molar-refractivity contribution in [1.29, 1.82) is 0 Å². The molecule has 7 nitrogen and oxygen atoms in total. The van der Waals surface area contributed by atoms with E-state index < -0.39 is 0 Å². The van der Waals surface area contributed by atoms with Crippen LogP contribution < -0.4 is 5.32 Å². The number of carbonyl (C=O) groups excluding carboxylic acids is 1. The largest absolute Gasteiger partial charge is 0.462 e. The summed E-state index contributed by atoms with van der Waals surface area (Å²) in [5, 5.41) is 10.3. The van der Waals surface area contributed by atoms with Crippen molar-refractivity contribution >= 4 is 29.8 Å². The molecular formula is C21H24N4O3S. The molecule has 0 aliphatic heterocycles. The van der Waals surface area contributed by atoms with Gasteiger partial charge in [0.25, 0.3) is 0 Å². The van der Waals surface area contributed by atoms with E-state index in [1.807, 2.05) is 55.5 Å². The zero-order chi connectivity index (χ0) is 20.3. The maximum Gasteiger partial charge on any atom is 0.230 e. The molecule has 0 radical (unpaired) electrons. The first-order valence-corrected chi connectivity index (χ1v) is 10.4. The van der Waals surface area contributed by atoms with Crippen LogP contribution in [0.5, 0.6) is 0 Å². The quantitative estimate of drug-likeness (QED) is 0.369. The molecule has 2 heterocycles. The number of nitrogens with zero attached hydrogens (tertiary/aromatic N) is 2. The molecule has 0 fully saturated rings. The first-order valence-electron chi connectivity index (χ1n) is 9.37. The number of amides is 1. The number of furan rings is 1. The first-order chi connectivity index (χ1) is 14.2. The van der Waals surface area contributed by atoms with Crippen LogP contribution in [0, 0.1) is 6.92 Å². The second-order valence-electron chi connectivity index (χ2n) is 6.32. The number of nitrogens with one attached hydrogen (secondary N) is 2. The van der Waals surface area contributed by atoms with E-state index in [0.717, 1.165) is 23.5 Å². The second-order valence-corrected chi connectivity index (χ2v) is 7.26. The molecular weight excluding hydrogens is 388 g/mol. The number of benzene rings is 1.